The van der Waals surface area contributed by atoms with Crippen molar-refractivity contribution in [1.82, 2.24) is 4.98 Å². The number of para-hydroxylation sites is 1. The van der Waals surface area contributed by atoms with Crippen LogP contribution in [0.4, 0.5) is 17.2 Å². The molecule has 0 aliphatic heterocycles. The summed E-state index contributed by atoms with van der Waals surface area (Å²) in [6, 6.07) is 69.4. The highest BCUT2D eigenvalue weighted by molar-refractivity contribution is 6.24. The summed E-state index contributed by atoms with van der Waals surface area (Å²) in [5.74, 6) is 0.890. The van der Waals surface area contributed by atoms with E-state index in [0.29, 0.717) is 0 Å². The molecule has 318 valence electrons. The lowest BCUT2D eigenvalue weighted by molar-refractivity contribution is 0.590. The Morgan fingerprint density at radius 2 is 1.12 bits per heavy atom. The van der Waals surface area contributed by atoms with E-state index in [1.165, 1.54) is 82.6 Å². The van der Waals surface area contributed by atoms with E-state index in [-0.39, 0.29) is 5.41 Å². The maximum Gasteiger partial charge on any atom is 0.145 e. The molecule has 0 N–H and O–H groups in total. The zero-order valence-corrected chi connectivity index (χ0v) is 38.3. The third-order valence-electron chi connectivity index (χ3n) is 14.2. The molecule has 0 atom stereocenters. The van der Waals surface area contributed by atoms with Crippen molar-refractivity contribution in [1.29, 1.82) is 0 Å². The van der Waals surface area contributed by atoms with Gasteiger partial charge in [0.15, 0.2) is 0 Å². The van der Waals surface area contributed by atoms with Crippen molar-refractivity contribution in [2.45, 2.75) is 52.4 Å². The molecule has 66 heavy (non-hydrogen) atoms. The van der Waals surface area contributed by atoms with E-state index in [1.807, 2.05) is 6.20 Å². The number of hydrogen-bond acceptors (Lipinski definition) is 3. The van der Waals surface area contributed by atoms with Gasteiger partial charge in [-0.05, 0) is 140 Å². The number of nitrogens with zero attached hydrogens (tertiary/aromatic N) is 2. The molecule has 11 aromatic rings. The Bertz CT molecular complexity index is 3670. The molecule has 0 saturated heterocycles. The van der Waals surface area contributed by atoms with E-state index in [1.54, 1.807) is 0 Å². The van der Waals surface area contributed by atoms with Gasteiger partial charge in [0.1, 0.15) is 17.0 Å². The molecule has 1 aliphatic carbocycles. The van der Waals surface area contributed by atoms with Gasteiger partial charge in [-0.2, -0.15) is 0 Å². The lowest BCUT2D eigenvalue weighted by atomic mass is 9.66. The first-order valence-corrected chi connectivity index (χ1v) is 23.1. The molecule has 0 radical (unpaired) electrons. The normalized spacial score (nSPS) is 13.1. The highest BCUT2D eigenvalue weighted by Gasteiger charge is 2.49. The molecule has 3 nitrogen and oxygen atoms in total. The fourth-order valence-corrected chi connectivity index (χ4v) is 11.2. The average molecular weight is 851 g/mol. The van der Waals surface area contributed by atoms with Crippen molar-refractivity contribution >= 4 is 60.7 Å². The Labute approximate surface area is 386 Å². The minimum atomic E-state index is -0.673. The molecule has 3 heteroatoms. The number of fused-ring (bicyclic) bond motifs is 12. The maximum atomic E-state index is 7.09. The van der Waals surface area contributed by atoms with Crippen molar-refractivity contribution in [3.8, 4) is 22.3 Å². The van der Waals surface area contributed by atoms with E-state index < -0.39 is 5.41 Å². The SMILES string of the molecule is Cc1cnc(N(c2ccc(C(C)(C)C)cc2)c2ccc3c4c(c5ccccc5c3c2)-c2c(cc(C)c3c2oc2ccccc23)C4(c2ccccc2)c2ccccc2)c(-c2ccccc2C)c1. The summed E-state index contributed by atoms with van der Waals surface area (Å²) < 4.78 is 7.09. The van der Waals surface area contributed by atoms with Gasteiger partial charge >= 0.3 is 0 Å². The first-order chi connectivity index (χ1) is 32.1. The van der Waals surface area contributed by atoms with Crippen molar-refractivity contribution in [2.24, 2.45) is 0 Å². The standard InChI is InChI=1S/C63H50N2O/c1-39-35-53(47-24-14-13-19-40(47)2)61(64-38-39)65(45-31-29-42(30-32-45)62(4,5)6)46-33-34-50-52(37-46)48-25-15-16-26-49(48)57-58-54(36-41(3)56-51-27-17-18-28-55(51)66-60(56)58)63(59(50)57,43-20-9-7-10-21-43)44-22-11-8-12-23-44/h7-38H,1-6H3. The Kier molecular flexibility index (Phi) is 8.99. The Hall–Kier alpha value is -7.75. The van der Waals surface area contributed by atoms with Gasteiger partial charge in [-0.25, -0.2) is 4.98 Å². The van der Waals surface area contributed by atoms with Crippen molar-refractivity contribution < 1.29 is 4.42 Å². The largest absolute Gasteiger partial charge is 0.455 e. The first kappa shape index (κ1) is 39.8. The molecule has 12 rings (SSSR count). The third kappa shape index (κ3) is 5.85. The van der Waals surface area contributed by atoms with Gasteiger partial charge < -0.3 is 4.42 Å². The molecular formula is C63H50N2O. The van der Waals surface area contributed by atoms with Crippen LogP contribution in [0.1, 0.15) is 65.3 Å². The zero-order valence-electron chi connectivity index (χ0n) is 38.3. The molecule has 2 heterocycles. The second-order valence-corrected chi connectivity index (χ2v) is 19.3. The molecule has 1 aliphatic rings. The second-order valence-electron chi connectivity index (χ2n) is 19.3. The first-order valence-electron chi connectivity index (χ1n) is 23.1. The summed E-state index contributed by atoms with van der Waals surface area (Å²) in [6.07, 6.45) is 2.00. The molecule has 2 aromatic heterocycles. The molecular weight excluding hydrogens is 801 g/mol. The van der Waals surface area contributed by atoms with E-state index in [2.05, 4.69) is 234 Å². The minimum Gasteiger partial charge on any atom is -0.455 e. The van der Waals surface area contributed by atoms with Crippen LogP contribution in [0.3, 0.4) is 0 Å². The van der Waals surface area contributed by atoms with Crippen LogP contribution in [0, 0.1) is 20.8 Å². The van der Waals surface area contributed by atoms with Gasteiger partial charge in [-0.3, -0.25) is 4.90 Å². The average Bonchev–Trinajstić information content (AvgIpc) is 3.88. The van der Waals surface area contributed by atoms with E-state index in [9.17, 15) is 0 Å². The number of aromatic nitrogens is 1. The summed E-state index contributed by atoms with van der Waals surface area (Å²) in [5, 5.41) is 7.11. The van der Waals surface area contributed by atoms with Crippen LogP contribution in [0.2, 0.25) is 0 Å². The minimum absolute atomic E-state index is 0.00803. The molecule has 0 unspecified atom stereocenters. The zero-order chi connectivity index (χ0) is 44.9. The lowest BCUT2D eigenvalue weighted by Gasteiger charge is -2.35. The predicted molar refractivity (Wildman–Crippen MR) is 277 cm³/mol. The number of furan rings is 1. The van der Waals surface area contributed by atoms with Gasteiger partial charge in [0, 0.05) is 39.5 Å². The van der Waals surface area contributed by atoms with E-state index in [0.717, 1.165) is 44.9 Å². The number of rotatable bonds is 6. The molecule has 9 aromatic carbocycles. The smallest absolute Gasteiger partial charge is 0.145 e. The molecule has 0 spiro atoms. The third-order valence-corrected chi connectivity index (χ3v) is 14.2. The Balaban J connectivity index is 1.23. The van der Waals surface area contributed by atoms with Crippen LogP contribution in [0.25, 0.3) is 65.7 Å². The number of anilines is 3. The number of aryl methyl sites for hydroxylation is 3. The quantitative estimate of drug-likeness (QED) is 0.156. The summed E-state index contributed by atoms with van der Waals surface area (Å²) in [4.78, 5) is 7.69. The van der Waals surface area contributed by atoms with Crippen LogP contribution in [-0.2, 0) is 10.8 Å². The lowest BCUT2D eigenvalue weighted by Crippen LogP contribution is -2.29. The van der Waals surface area contributed by atoms with Crippen LogP contribution in [0.5, 0.6) is 0 Å². The predicted octanol–water partition coefficient (Wildman–Crippen LogP) is 17.0. The van der Waals surface area contributed by atoms with Crippen molar-refractivity contribution in [3.05, 3.63) is 239 Å². The van der Waals surface area contributed by atoms with Gasteiger partial charge in [0.05, 0.1) is 5.41 Å². The molecule has 0 saturated carbocycles. The molecule has 0 amide bonds. The van der Waals surface area contributed by atoms with Crippen LogP contribution in [-0.4, -0.2) is 4.98 Å². The summed E-state index contributed by atoms with van der Waals surface area (Å²) in [5.41, 5.74) is 17.7. The Morgan fingerprint density at radius 1 is 0.500 bits per heavy atom. The van der Waals surface area contributed by atoms with E-state index in [4.69, 9.17) is 9.40 Å². The number of pyridine rings is 1. The van der Waals surface area contributed by atoms with Gasteiger partial charge in [0.2, 0.25) is 0 Å². The fraction of sp³-hybridized carbons (Fsp3) is 0.127. The number of benzene rings is 9. The van der Waals surface area contributed by atoms with Gasteiger partial charge in [-0.1, -0.05) is 172 Å². The summed E-state index contributed by atoms with van der Waals surface area (Å²) in [7, 11) is 0. The van der Waals surface area contributed by atoms with Crippen molar-refractivity contribution in [2.75, 3.05) is 4.90 Å². The summed E-state index contributed by atoms with van der Waals surface area (Å²) in [6.45, 7) is 13.4. The second kappa shape index (κ2) is 14.9. The maximum absolute atomic E-state index is 7.09. The van der Waals surface area contributed by atoms with Crippen LogP contribution >= 0.6 is 0 Å². The topological polar surface area (TPSA) is 29.3 Å². The molecule has 0 bridgehead atoms. The highest BCUT2D eigenvalue weighted by Crippen LogP contribution is 2.63. The summed E-state index contributed by atoms with van der Waals surface area (Å²) >= 11 is 0. The Morgan fingerprint density at radius 3 is 1.82 bits per heavy atom. The van der Waals surface area contributed by atoms with E-state index >= 15 is 0 Å². The number of hydrogen-bond donors (Lipinski definition) is 0. The van der Waals surface area contributed by atoms with Crippen molar-refractivity contribution in [3.63, 3.8) is 0 Å². The van der Waals surface area contributed by atoms with Gasteiger partial charge in [0.25, 0.3) is 0 Å². The van der Waals surface area contributed by atoms with Crippen LogP contribution in [0.15, 0.2) is 199 Å². The fourth-order valence-electron chi connectivity index (χ4n) is 11.2. The monoisotopic (exact) mass is 850 g/mol. The highest BCUT2D eigenvalue weighted by atomic mass is 16.3. The van der Waals surface area contributed by atoms with Crippen LogP contribution < -0.4 is 4.90 Å². The molecule has 0 fully saturated rings. The van der Waals surface area contributed by atoms with Gasteiger partial charge in [-0.15, -0.1) is 0 Å².